The zero-order valence-electron chi connectivity index (χ0n) is 13.9. The summed E-state index contributed by atoms with van der Waals surface area (Å²) in [6.07, 6.45) is 3.20. The number of amides is 2. The van der Waals surface area contributed by atoms with Crippen molar-refractivity contribution in [2.24, 2.45) is 0 Å². The van der Waals surface area contributed by atoms with Gasteiger partial charge in [0, 0.05) is 20.0 Å². The lowest BCUT2D eigenvalue weighted by Crippen LogP contribution is -2.41. The van der Waals surface area contributed by atoms with E-state index in [1.165, 1.54) is 11.8 Å². The van der Waals surface area contributed by atoms with Crippen LogP contribution in [0, 0.1) is 0 Å². The van der Waals surface area contributed by atoms with Crippen molar-refractivity contribution in [1.29, 1.82) is 0 Å². The van der Waals surface area contributed by atoms with Crippen molar-refractivity contribution in [2.75, 3.05) is 13.1 Å². The normalized spacial score (nSPS) is 10.2. The van der Waals surface area contributed by atoms with Crippen LogP contribution in [0.25, 0.3) is 0 Å². The number of nitrogens with zero attached hydrogens (tertiary/aromatic N) is 2. The van der Waals surface area contributed by atoms with Gasteiger partial charge in [0.05, 0.1) is 12.8 Å². The van der Waals surface area contributed by atoms with Crippen molar-refractivity contribution in [1.82, 2.24) is 9.80 Å². The molecular weight excluding hydrogens is 304 g/mol. The van der Waals surface area contributed by atoms with Crippen LogP contribution >= 0.6 is 0 Å². The number of rotatable bonds is 8. The monoisotopic (exact) mass is 326 g/mol. The van der Waals surface area contributed by atoms with Gasteiger partial charge in [-0.05, 0) is 17.7 Å². The van der Waals surface area contributed by atoms with Gasteiger partial charge in [-0.25, -0.2) is 0 Å². The van der Waals surface area contributed by atoms with Gasteiger partial charge in [-0.15, -0.1) is 6.58 Å². The van der Waals surface area contributed by atoms with Crippen LogP contribution in [0.1, 0.15) is 18.2 Å². The van der Waals surface area contributed by atoms with E-state index in [1.54, 1.807) is 23.3 Å². The first-order chi connectivity index (χ1) is 11.6. The summed E-state index contributed by atoms with van der Waals surface area (Å²) >= 11 is 0. The maximum absolute atomic E-state index is 12.7. The molecule has 2 amide bonds. The van der Waals surface area contributed by atoms with E-state index in [9.17, 15) is 9.59 Å². The van der Waals surface area contributed by atoms with E-state index < -0.39 is 0 Å². The minimum atomic E-state index is -0.152. The zero-order valence-corrected chi connectivity index (χ0v) is 13.9. The Morgan fingerprint density at radius 1 is 1.08 bits per heavy atom. The van der Waals surface area contributed by atoms with Crippen LogP contribution in [0.3, 0.4) is 0 Å². The second-order valence-electron chi connectivity index (χ2n) is 5.50. The quantitative estimate of drug-likeness (QED) is 0.701. The second kappa shape index (κ2) is 8.72. The van der Waals surface area contributed by atoms with Crippen molar-refractivity contribution in [2.45, 2.75) is 20.0 Å². The summed E-state index contributed by atoms with van der Waals surface area (Å²) in [5.74, 6) is 0.422. The molecular formula is C19H22N2O3. The second-order valence-corrected chi connectivity index (χ2v) is 5.50. The predicted molar refractivity (Wildman–Crippen MR) is 91.9 cm³/mol. The molecule has 0 aliphatic carbocycles. The maximum atomic E-state index is 12.7. The third-order valence-corrected chi connectivity index (χ3v) is 3.62. The lowest BCUT2D eigenvalue weighted by atomic mass is 10.2. The van der Waals surface area contributed by atoms with Crippen molar-refractivity contribution >= 4 is 11.8 Å². The molecule has 1 aromatic carbocycles. The third kappa shape index (κ3) is 5.12. The van der Waals surface area contributed by atoms with Gasteiger partial charge in [-0.2, -0.15) is 0 Å². The summed E-state index contributed by atoms with van der Waals surface area (Å²) in [5.41, 5.74) is 1.02. The average molecular weight is 326 g/mol. The highest BCUT2D eigenvalue weighted by atomic mass is 16.3. The summed E-state index contributed by atoms with van der Waals surface area (Å²) in [6.45, 7) is 6.27. The van der Waals surface area contributed by atoms with Crippen LogP contribution in [0.5, 0.6) is 0 Å². The SMILES string of the molecule is C=CCN(CC(=O)N(Cc1ccccc1)Cc1ccco1)C(C)=O. The molecule has 1 heterocycles. The Labute approximate surface area is 142 Å². The highest BCUT2D eigenvalue weighted by Gasteiger charge is 2.20. The van der Waals surface area contributed by atoms with Crippen LogP contribution < -0.4 is 0 Å². The molecule has 0 bridgehead atoms. The number of hydrogen-bond donors (Lipinski definition) is 0. The molecule has 0 unspecified atom stereocenters. The maximum Gasteiger partial charge on any atom is 0.242 e. The van der Waals surface area contributed by atoms with Crippen LogP contribution in [-0.2, 0) is 22.7 Å². The van der Waals surface area contributed by atoms with E-state index in [2.05, 4.69) is 6.58 Å². The molecule has 5 nitrogen and oxygen atoms in total. The summed E-state index contributed by atoms with van der Waals surface area (Å²) in [7, 11) is 0. The highest BCUT2D eigenvalue weighted by Crippen LogP contribution is 2.11. The fourth-order valence-corrected chi connectivity index (χ4v) is 2.35. The molecule has 0 atom stereocenters. The molecule has 5 heteroatoms. The summed E-state index contributed by atoms with van der Waals surface area (Å²) in [5, 5.41) is 0. The number of hydrogen-bond acceptors (Lipinski definition) is 3. The van der Waals surface area contributed by atoms with Crippen LogP contribution in [0.4, 0.5) is 0 Å². The molecule has 24 heavy (non-hydrogen) atoms. The smallest absolute Gasteiger partial charge is 0.242 e. The Hall–Kier alpha value is -2.82. The molecule has 0 aliphatic rings. The molecule has 0 N–H and O–H groups in total. The molecule has 0 saturated carbocycles. The summed E-state index contributed by atoms with van der Waals surface area (Å²) < 4.78 is 5.36. The Bertz CT molecular complexity index is 665. The molecule has 0 saturated heterocycles. The van der Waals surface area contributed by atoms with E-state index in [-0.39, 0.29) is 18.4 Å². The Morgan fingerprint density at radius 3 is 2.42 bits per heavy atom. The Kier molecular flexibility index (Phi) is 6.37. The molecule has 2 rings (SSSR count). The minimum Gasteiger partial charge on any atom is -0.467 e. The lowest BCUT2D eigenvalue weighted by molar-refractivity contribution is -0.140. The van der Waals surface area contributed by atoms with Crippen molar-refractivity contribution in [3.05, 3.63) is 72.7 Å². The van der Waals surface area contributed by atoms with Gasteiger partial charge in [0.2, 0.25) is 11.8 Å². The van der Waals surface area contributed by atoms with Gasteiger partial charge in [0.15, 0.2) is 0 Å². The molecule has 0 fully saturated rings. The summed E-state index contributed by atoms with van der Waals surface area (Å²) in [4.78, 5) is 27.5. The Balaban J connectivity index is 2.12. The molecule has 126 valence electrons. The fraction of sp³-hybridized carbons (Fsp3) is 0.263. The van der Waals surface area contributed by atoms with Gasteiger partial charge < -0.3 is 14.2 Å². The lowest BCUT2D eigenvalue weighted by Gasteiger charge is -2.26. The number of carbonyl (C=O) groups excluding carboxylic acids is 2. The topological polar surface area (TPSA) is 53.8 Å². The first-order valence-electron chi connectivity index (χ1n) is 7.80. The molecule has 0 aliphatic heterocycles. The van der Waals surface area contributed by atoms with Crippen molar-refractivity contribution in [3.63, 3.8) is 0 Å². The van der Waals surface area contributed by atoms with Crippen LogP contribution in [0.2, 0.25) is 0 Å². The van der Waals surface area contributed by atoms with E-state index in [0.717, 1.165) is 5.56 Å². The molecule has 1 aromatic heterocycles. The van der Waals surface area contributed by atoms with Crippen LogP contribution in [0.15, 0.2) is 65.8 Å². The number of benzene rings is 1. The Morgan fingerprint density at radius 2 is 1.83 bits per heavy atom. The zero-order chi connectivity index (χ0) is 17.4. The van der Waals surface area contributed by atoms with Crippen LogP contribution in [-0.4, -0.2) is 34.7 Å². The van der Waals surface area contributed by atoms with Gasteiger partial charge in [-0.1, -0.05) is 36.4 Å². The van der Waals surface area contributed by atoms with Crippen molar-refractivity contribution in [3.8, 4) is 0 Å². The predicted octanol–water partition coefficient (Wildman–Crippen LogP) is 2.84. The minimum absolute atomic E-state index is 0.0227. The van der Waals surface area contributed by atoms with Crippen molar-refractivity contribution < 1.29 is 14.0 Å². The van der Waals surface area contributed by atoms with E-state index in [1.807, 2.05) is 36.4 Å². The number of carbonyl (C=O) groups is 2. The molecule has 0 spiro atoms. The average Bonchev–Trinajstić information content (AvgIpc) is 3.07. The third-order valence-electron chi connectivity index (χ3n) is 3.62. The number of furan rings is 1. The summed E-state index contributed by atoms with van der Waals surface area (Å²) in [6, 6.07) is 13.4. The van der Waals surface area contributed by atoms with Gasteiger partial charge in [0.25, 0.3) is 0 Å². The first-order valence-corrected chi connectivity index (χ1v) is 7.80. The van der Waals surface area contributed by atoms with Gasteiger partial charge in [-0.3, -0.25) is 9.59 Å². The van der Waals surface area contributed by atoms with Gasteiger partial charge >= 0.3 is 0 Å². The fourth-order valence-electron chi connectivity index (χ4n) is 2.35. The van der Waals surface area contributed by atoms with E-state index in [4.69, 9.17) is 4.42 Å². The van der Waals surface area contributed by atoms with Gasteiger partial charge in [0.1, 0.15) is 12.3 Å². The standard InChI is InChI=1S/C19H22N2O3/c1-3-11-20(16(2)22)15-19(23)21(14-18-10-7-12-24-18)13-17-8-5-4-6-9-17/h3-10,12H,1,11,13-15H2,2H3. The van der Waals surface area contributed by atoms with E-state index in [0.29, 0.717) is 25.4 Å². The largest absolute Gasteiger partial charge is 0.467 e. The van der Waals surface area contributed by atoms with E-state index >= 15 is 0 Å². The molecule has 2 aromatic rings. The highest BCUT2D eigenvalue weighted by molar-refractivity contribution is 5.84. The first kappa shape index (κ1) is 17.5. The molecule has 0 radical (unpaired) electrons.